The number of ether oxygens (including phenoxy) is 3. The molecule has 1 heterocycles. The molecule has 2 fully saturated rings. The predicted molar refractivity (Wildman–Crippen MR) is 121 cm³/mol. The topological polar surface area (TPSA) is 138 Å². The quantitative estimate of drug-likeness (QED) is 0.190. The minimum Gasteiger partial charge on any atom is -0.491 e. The lowest BCUT2D eigenvalue weighted by atomic mass is 9.89. The van der Waals surface area contributed by atoms with Crippen LogP contribution in [0.2, 0.25) is 5.02 Å². The fourth-order valence-electron chi connectivity index (χ4n) is 3.96. The smallest absolute Gasteiger partial charge is 0.144 e. The van der Waals surface area contributed by atoms with E-state index in [0.717, 1.165) is 12.8 Å². The molecular formula is C24H29ClO9. The summed E-state index contributed by atoms with van der Waals surface area (Å²) in [6.07, 6.45) is -4.87. The van der Waals surface area contributed by atoms with Crippen LogP contribution in [0.5, 0.6) is 5.75 Å². The Kier molecular flexibility index (Phi) is 8.41. The van der Waals surface area contributed by atoms with E-state index in [-0.39, 0.29) is 0 Å². The average Bonchev–Trinajstić information content (AvgIpc) is 3.68. The molecule has 1 aliphatic carbocycles. The van der Waals surface area contributed by atoms with Gasteiger partial charge >= 0.3 is 0 Å². The highest BCUT2D eigenvalue weighted by atomic mass is 35.5. The van der Waals surface area contributed by atoms with Gasteiger partial charge in [0.2, 0.25) is 0 Å². The number of hydrogen-bond acceptors (Lipinski definition) is 9. The molecule has 10 heteroatoms. The molecule has 2 aromatic carbocycles. The van der Waals surface area contributed by atoms with Crippen LogP contribution in [0, 0.1) is 0 Å². The maximum Gasteiger partial charge on any atom is 0.144 e. The molecule has 9 nitrogen and oxygen atoms in total. The monoisotopic (exact) mass is 496 g/mol. The van der Waals surface area contributed by atoms with Crippen molar-refractivity contribution in [3.05, 3.63) is 64.2 Å². The van der Waals surface area contributed by atoms with Gasteiger partial charge in [0.05, 0.1) is 19.3 Å². The zero-order valence-corrected chi connectivity index (χ0v) is 19.1. The summed E-state index contributed by atoms with van der Waals surface area (Å²) in [5, 5.41) is 50.0. The Hall–Kier alpha value is -1.79. The third kappa shape index (κ3) is 5.71. The summed E-state index contributed by atoms with van der Waals surface area (Å²) in [4.78, 5) is 4.75. The molecule has 0 spiro atoms. The molecule has 186 valence electrons. The summed E-state index contributed by atoms with van der Waals surface area (Å²) in [5.74, 6) is 0.640. The Bertz CT molecular complexity index is 935. The van der Waals surface area contributed by atoms with E-state index in [1.807, 2.05) is 0 Å². The average molecular weight is 497 g/mol. The highest BCUT2D eigenvalue weighted by Gasteiger charge is 2.44. The maximum absolute atomic E-state index is 10.4. The van der Waals surface area contributed by atoms with E-state index >= 15 is 0 Å². The van der Waals surface area contributed by atoms with E-state index in [2.05, 4.69) is 0 Å². The molecule has 0 amide bonds. The highest BCUT2D eigenvalue weighted by molar-refractivity contribution is 6.31. The van der Waals surface area contributed by atoms with Crippen LogP contribution in [0.3, 0.4) is 0 Å². The third-order valence-electron chi connectivity index (χ3n) is 6.04. The van der Waals surface area contributed by atoms with Crippen molar-refractivity contribution in [2.24, 2.45) is 0 Å². The lowest BCUT2D eigenvalue weighted by Crippen LogP contribution is -2.55. The second kappa shape index (κ2) is 11.3. The van der Waals surface area contributed by atoms with Crippen LogP contribution in [0.15, 0.2) is 42.5 Å². The van der Waals surface area contributed by atoms with Gasteiger partial charge in [0.15, 0.2) is 0 Å². The first-order valence-corrected chi connectivity index (χ1v) is 11.5. The van der Waals surface area contributed by atoms with Crippen molar-refractivity contribution in [1.82, 2.24) is 0 Å². The van der Waals surface area contributed by atoms with E-state index in [4.69, 9.17) is 30.7 Å². The number of halogens is 1. The van der Waals surface area contributed by atoms with Gasteiger partial charge in [-0.05, 0) is 48.2 Å². The number of hydrogen-bond donors (Lipinski definition) is 5. The molecule has 1 saturated carbocycles. The summed E-state index contributed by atoms with van der Waals surface area (Å²) in [6, 6.07) is 11.7. The normalized spacial score (nSPS) is 28.0. The fraction of sp³-hybridized carbons (Fsp3) is 0.500. The zero-order chi connectivity index (χ0) is 24.2. The van der Waals surface area contributed by atoms with Crippen LogP contribution < -0.4 is 4.74 Å². The SMILES string of the molecule is OC[C@H]1O[C@@H](c2ccc(Cl)c(C(OO)c3ccc(OCCOC4CC4)cc3)c2)[C@H](O)[C@@H](O)[C@@H]1O. The summed E-state index contributed by atoms with van der Waals surface area (Å²) in [7, 11) is 0. The van der Waals surface area contributed by atoms with Crippen LogP contribution in [-0.2, 0) is 14.4 Å². The molecule has 0 radical (unpaired) electrons. The highest BCUT2D eigenvalue weighted by Crippen LogP contribution is 2.37. The van der Waals surface area contributed by atoms with Gasteiger partial charge in [-0.15, -0.1) is 0 Å². The van der Waals surface area contributed by atoms with Crippen LogP contribution in [0.1, 0.15) is 41.7 Å². The van der Waals surface area contributed by atoms with Crippen molar-refractivity contribution in [1.29, 1.82) is 0 Å². The fourth-order valence-corrected chi connectivity index (χ4v) is 4.18. The van der Waals surface area contributed by atoms with E-state index in [9.17, 15) is 25.7 Å². The van der Waals surface area contributed by atoms with Gasteiger partial charge < -0.3 is 34.6 Å². The molecule has 0 bridgehead atoms. The first kappa shape index (κ1) is 25.3. The zero-order valence-electron chi connectivity index (χ0n) is 18.4. The molecule has 1 unspecified atom stereocenters. The minimum atomic E-state index is -1.51. The lowest BCUT2D eigenvalue weighted by molar-refractivity contribution is -0.270. The first-order chi connectivity index (χ1) is 16.4. The maximum atomic E-state index is 10.4. The first-order valence-electron chi connectivity index (χ1n) is 11.2. The molecule has 0 aromatic heterocycles. The van der Waals surface area contributed by atoms with Gasteiger partial charge in [0.1, 0.15) is 49.0 Å². The Labute approximate surface area is 202 Å². The number of rotatable bonds is 10. The molecule has 34 heavy (non-hydrogen) atoms. The van der Waals surface area contributed by atoms with Gasteiger partial charge in [0.25, 0.3) is 0 Å². The lowest BCUT2D eigenvalue weighted by Gasteiger charge is -2.40. The number of benzene rings is 2. The van der Waals surface area contributed by atoms with E-state index in [1.165, 1.54) is 0 Å². The second-order valence-corrected chi connectivity index (χ2v) is 8.91. The van der Waals surface area contributed by atoms with Crippen LogP contribution in [0.25, 0.3) is 0 Å². The van der Waals surface area contributed by atoms with Crippen molar-refractivity contribution in [2.75, 3.05) is 19.8 Å². The van der Waals surface area contributed by atoms with Crippen LogP contribution >= 0.6 is 11.6 Å². The number of aliphatic hydroxyl groups is 4. The Balaban J connectivity index is 1.50. The van der Waals surface area contributed by atoms with Crippen molar-refractivity contribution >= 4 is 11.6 Å². The van der Waals surface area contributed by atoms with Gasteiger partial charge in [-0.25, -0.2) is 4.89 Å². The van der Waals surface area contributed by atoms with Crippen molar-refractivity contribution in [2.45, 2.75) is 55.6 Å². The van der Waals surface area contributed by atoms with Crippen LogP contribution in [0.4, 0.5) is 0 Å². The van der Waals surface area contributed by atoms with E-state index in [1.54, 1.807) is 42.5 Å². The van der Waals surface area contributed by atoms with Crippen molar-refractivity contribution in [3.8, 4) is 5.75 Å². The standard InChI is InChI=1S/C24H29ClO9/c25-18-8-3-14(24-22(29)21(28)20(27)19(12-26)33-24)11-17(18)23(34-30)13-1-4-15(5-2-13)31-9-10-32-16-6-7-16/h1-5,8,11,16,19-24,26-30H,6-7,9-10,12H2/t19-,20-,21+,22-,23?,24+/m1/s1. The molecule has 6 atom stereocenters. The number of aliphatic hydroxyl groups excluding tert-OH is 4. The molecular weight excluding hydrogens is 468 g/mol. The summed E-state index contributed by atoms with van der Waals surface area (Å²) in [5.41, 5.74) is 1.41. The van der Waals surface area contributed by atoms with Gasteiger partial charge in [-0.2, -0.15) is 0 Å². The largest absolute Gasteiger partial charge is 0.491 e. The van der Waals surface area contributed by atoms with E-state index < -0.39 is 43.2 Å². The van der Waals surface area contributed by atoms with Crippen LogP contribution in [-0.4, -0.2) is 76.0 Å². The van der Waals surface area contributed by atoms with Gasteiger partial charge in [0, 0.05) is 10.6 Å². The Morgan fingerprint density at radius 3 is 2.35 bits per heavy atom. The summed E-state index contributed by atoms with van der Waals surface area (Å²) < 4.78 is 16.9. The van der Waals surface area contributed by atoms with Gasteiger partial charge in [-0.1, -0.05) is 29.8 Å². The predicted octanol–water partition coefficient (Wildman–Crippen LogP) is 1.99. The Morgan fingerprint density at radius 1 is 0.971 bits per heavy atom. The molecule has 4 rings (SSSR count). The molecule has 2 aromatic rings. The molecule has 5 N–H and O–H groups in total. The van der Waals surface area contributed by atoms with Crippen molar-refractivity contribution in [3.63, 3.8) is 0 Å². The van der Waals surface area contributed by atoms with E-state index in [0.29, 0.717) is 46.8 Å². The Morgan fingerprint density at radius 2 is 1.71 bits per heavy atom. The second-order valence-electron chi connectivity index (χ2n) is 8.50. The molecule has 1 aliphatic heterocycles. The third-order valence-corrected chi connectivity index (χ3v) is 6.39. The minimum absolute atomic E-state index is 0.296. The summed E-state index contributed by atoms with van der Waals surface area (Å²) in [6.45, 7) is 0.420. The molecule has 1 saturated heterocycles. The summed E-state index contributed by atoms with van der Waals surface area (Å²) >= 11 is 6.39. The van der Waals surface area contributed by atoms with Crippen molar-refractivity contribution < 1.29 is 44.8 Å². The molecule has 2 aliphatic rings. The van der Waals surface area contributed by atoms with Gasteiger partial charge in [-0.3, -0.25) is 5.26 Å².